The van der Waals surface area contributed by atoms with Gasteiger partial charge in [-0.1, -0.05) is 66.7 Å². The number of rotatable bonds is 7. The molecule has 0 radical (unpaired) electrons. The van der Waals surface area contributed by atoms with Gasteiger partial charge in [0, 0.05) is 17.1 Å². The zero-order chi connectivity index (χ0) is 24.1. The van der Waals surface area contributed by atoms with Crippen molar-refractivity contribution in [1.29, 1.82) is 0 Å². The second-order valence-electron chi connectivity index (χ2n) is 8.11. The number of ether oxygens (including phenoxy) is 1. The summed E-state index contributed by atoms with van der Waals surface area (Å²) in [6.45, 7) is 3.54. The number of anilines is 1. The van der Waals surface area contributed by atoms with E-state index in [0.29, 0.717) is 10.8 Å². The molecule has 4 rings (SSSR count). The lowest BCUT2D eigenvalue weighted by Crippen LogP contribution is -2.40. The molecule has 0 unspecified atom stereocenters. The van der Waals surface area contributed by atoms with Crippen LogP contribution in [0, 0.1) is 0 Å². The van der Waals surface area contributed by atoms with Gasteiger partial charge in [0.25, 0.3) is 11.5 Å². The first-order valence-corrected chi connectivity index (χ1v) is 11.0. The van der Waals surface area contributed by atoms with Crippen molar-refractivity contribution in [3.63, 3.8) is 0 Å². The Labute approximate surface area is 197 Å². The summed E-state index contributed by atoms with van der Waals surface area (Å²) in [5.41, 5.74) is 1.28. The van der Waals surface area contributed by atoms with Gasteiger partial charge in [-0.15, -0.1) is 0 Å². The molecule has 0 aliphatic heterocycles. The zero-order valence-electron chi connectivity index (χ0n) is 19.0. The molecular formula is C27H25N3O4. The van der Waals surface area contributed by atoms with Crippen LogP contribution < -0.4 is 10.5 Å². The minimum absolute atomic E-state index is 0.00487. The summed E-state index contributed by atoms with van der Waals surface area (Å²) in [5.74, 6) is -1.11. The number of carbonyl (C=O) groups is 2. The van der Waals surface area contributed by atoms with E-state index in [4.69, 9.17) is 4.74 Å². The molecule has 7 heteroatoms. The van der Waals surface area contributed by atoms with Crippen LogP contribution in [0.15, 0.2) is 89.7 Å². The molecule has 7 nitrogen and oxygen atoms in total. The van der Waals surface area contributed by atoms with E-state index in [2.05, 4.69) is 5.10 Å². The van der Waals surface area contributed by atoms with Gasteiger partial charge in [-0.3, -0.25) is 9.59 Å². The third-order valence-corrected chi connectivity index (χ3v) is 5.38. The monoisotopic (exact) mass is 455 g/mol. The smallest absolute Gasteiger partial charge is 0.359 e. The van der Waals surface area contributed by atoms with Crippen molar-refractivity contribution < 1.29 is 14.3 Å². The molecule has 1 amide bonds. The molecule has 0 spiro atoms. The SMILES string of the molecule is CC(C)N(C(=O)COC(=O)c1nn(Cc2ccccc2)c(=O)c2ccccc12)c1ccccc1. The van der Waals surface area contributed by atoms with Crippen molar-refractivity contribution in [2.45, 2.75) is 26.4 Å². The van der Waals surface area contributed by atoms with Gasteiger partial charge in [-0.05, 0) is 37.6 Å². The lowest BCUT2D eigenvalue weighted by Gasteiger charge is -2.26. The van der Waals surface area contributed by atoms with Crippen LogP contribution in [-0.4, -0.2) is 34.3 Å². The van der Waals surface area contributed by atoms with Gasteiger partial charge >= 0.3 is 5.97 Å². The number of esters is 1. The number of carbonyl (C=O) groups excluding carboxylic acids is 2. The number of amides is 1. The second kappa shape index (κ2) is 10.1. The van der Waals surface area contributed by atoms with Gasteiger partial charge in [0.05, 0.1) is 11.9 Å². The fraction of sp³-hybridized carbons (Fsp3) is 0.185. The number of fused-ring (bicyclic) bond motifs is 1. The van der Waals surface area contributed by atoms with E-state index < -0.39 is 12.6 Å². The summed E-state index contributed by atoms with van der Waals surface area (Å²) in [5, 5.41) is 5.06. The first kappa shape index (κ1) is 22.9. The molecular weight excluding hydrogens is 430 g/mol. The molecule has 172 valence electrons. The van der Waals surface area contributed by atoms with Crippen LogP contribution in [-0.2, 0) is 16.1 Å². The molecule has 0 atom stereocenters. The van der Waals surface area contributed by atoms with E-state index in [1.807, 2.05) is 74.5 Å². The first-order chi connectivity index (χ1) is 16.5. The molecule has 0 aliphatic carbocycles. The predicted molar refractivity (Wildman–Crippen MR) is 131 cm³/mol. The first-order valence-electron chi connectivity index (χ1n) is 11.0. The Hall–Kier alpha value is -4.26. The van der Waals surface area contributed by atoms with E-state index in [-0.39, 0.29) is 29.7 Å². The minimum Gasteiger partial charge on any atom is -0.451 e. The fourth-order valence-corrected chi connectivity index (χ4v) is 3.83. The van der Waals surface area contributed by atoms with E-state index >= 15 is 0 Å². The molecule has 34 heavy (non-hydrogen) atoms. The summed E-state index contributed by atoms with van der Waals surface area (Å²) in [6, 6.07) is 25.2. The van der Waals surface area contributed by atoms with Crippen molar-refractivity contribution in [3.05, 3.63) is 107 Å². The van der Waals surface area contributed by atoms with E-state index in [1.54, 1.807) is 29.2 Å². The standard InChI is InChI=1S/C27H25N3O4/c1-19(2)30(21-13-7-4-8-14-21)24(31)18-34-27(33)25-22-15-9-10-16-23(22)26(32)29(28-25)17-20-11-5-3-6-12-20/h3-16,19H,17-18H2,1-2H3. The molecule has 0 N–H and O–H groups in total. The van der Waals surface area contributed by atoms with E-state index in [0.717, 1.165) is 11.3 Å². The summed E-state index contributed by atoms with van der Waals surface area (Å²) in [6.07, 6.45) is 0. The van der Waals surface area contributed by atoms with Gasteiger partial charge in [0.2, 0.25) is 0 Å². The summed E-state index contributed by atoms with van der Waals surface area (Å²) < 4.78 is 6.64. The van der Waals surface area contributed by atoms with E-state index in [9.17, 15) is 14.4 Å². The highest BCUT2D eigenvalue weighted by Crippen LogP contribution is 2.18. The van der Waals surface area contributed by atoms with Gasteiger partial charge < -0.3 is 9.64 Å². The van der Waals surface area contributed by atoms with Crippen LogP contribution in [0.2, 0.25) is 0 Å². The molecule has 4 aromatic rings. The van der Waals surface area contributed by atoms with Crippen molar-refractivity contribution in [3.8, 4) is 0 Å². The molecule has 1 heterocycles. The Morgan fingerprint density at radius 2 is 1.47 bits per heavy atom. The zero-order valence-corrected chi connectivity index (χ0v) is 19.0. The van der Waals surface area contributed by atoms with Crippen LogP contribution in [0.25, 0.3) is 10.8 Å². The molecule has 3 aromatic carbocycles. The molecule has 0 aliphatic rings. The van der Waals surface area contributed by atoms with Crippen molar-refractivity contribution in [1.82, 2.24) is 9.78 Å². The number of nitrogens with zero attached hydrogens (tertiary/aromatic N) is 3. The fourth-order valence-electron chi connectivity index (χ4n) is 3.83. The Bertz CT molecular complexity index is 1370. The maximum Gasteiger partial charge on any atom is 0.359 e. The maximum atomic E-state index is 13.0. The third-order valence-electron chi connectivity index (χ3n) is 5.38. The Kier molecular flexibility index (Phi) is 6.82. The third kappa shape index (κ3) is 4.88. The van der Waals surface area contributed by atoms with Gasteiger partial charge in [0.15, 0.2) is 12.3 Å². The minimum atomic E-state index is -0.761. The lowest BCUT2D eigenvalue weighted by atomic mass is 10.1. The van der Waals surface area contributed by atoms with Crippen molar-refractivity contribution >= 4 is 28.3 Å². The number of para-hydroxylation sites is 1. The van der Waals surface area contributed by atoms with Crippen LogP contribution >= 0.6 is 0 Å². The van der Waals surface area contributed by atoms with Crippen molar-refractivity contribution in [2.24, 2.45) is 0 Å². The Morgan fingerprint density at radius 1 is 0.882 bits per heavy atom. The highest BCUT2D eigenvalue weighted by Gasteiger charge is 2.23. The highest BCUT2D eigenvalue weighted by molar-refractivity contribution is 6.03. The normalized spacial score (nSPS) is 10.9. The lowest BCUT2D eigenvalue weighted by molar-refractivity contribution is -0.122. The van der Waals surface area contributed by atoms with Crippen LogP contribution in [0.3, 0.4) is 0 Å². The van der Waals surface area contributed by atoms with E-state index in [1.165, 1.54) is 4.68 Å². The molecule has 0 bridgehead atoms. The molecule has 0 fully saturated rings. The number of hydrogen-bond donors (Lipinski definition) is 0. The summed E-state index contributed by atoms with van der Waals surface area (Å²) in [4.78, 5) is 40.5. The van der Waals surface area contributed by atoms with Crippen LogP contribution in [0.4, 0.5) is 5.69 Å². The number of aromatic nitrogens is 2. The molecule has 0 saturated carbocycles. The number of hydrogen-bond acceptors (Lipinski definition) is 5. The van der Waals surface area contributed by atoms with Gasteiger partial charge in [-0.2, -0.15) is 5.10 Å². The topological polar surface area (TPSA) is 81.5 Å². The highest BCUT2D eigenvalue weighted by atomic mass is 16.5. The van der Waals surface area contributed by atoms with Crippen molar-refractivity contribution in [2.75, 3.05) is 11.5 Å². The predicted octanol–water partition coefficient (Wildman–Crippen LogP) is 4.04. The van der Waals surface area contributed by atoms with Crippen LogP contribution in [0.1, 0.15) is 29.9 Å². The molecule has 0 saturated heterocycles. The Balaban J connectivity index is 1.61. The van der Waals surface area contributed by atoms with Crippen LogP contribution in [0.5, 0.6) is 0 Å². The average Bonchev–Trinajstić information content (AvgIpc) is 2.85. The number of benzene rings is 3. The van der Waals surface area contributed by atoms with Gasteiger partial charge in [-0.25, -0.2) is 9.48 Å². The maximum absolute atomic E-state index is 13.0. The summed E-state index contributed by atoms with van der Waals surface area (Å²) >= 11 is 0. The Morgan fingerprint density at radius 3 is 2.12 bits per heavy atom. The molecule has 1 aromatic heterocycles. The quantitative estimate of drug-likeness (QED) is 0.393. The second-order valence-corrected chi connectivity index (χ2v) is 8.11. The summed E-state index contributed by atoms with van der Waals surface area (Å²) in [7, 11) is 0. The van der Waals surface area contributed by atoms with Gasteiger partial charge in [0.1, 0.15) is 0 Å². The largest absolute Gasteiger partial charge is 0.451 e. The average molecular weight is 456 g/mol.